The van der Waals surface area contributed by atoms with Crippen molar-refractivity contribution in [3.05, 3.63) is 65.5 Å². The van der Waals surface area contributed by atoms with Gasteiger partial charge in [-0.05, 0) is 49.2 Å². The van der Waals surface area contributed by atoms with E-state index >= 15 is 0 Å². The molecule has 2 heterocycles. The summed E-state index contributed by atoms with van der Waals surface area (Å²) >= 11 is 0. The van der Waals surface area contributed by atoms with Gasteiger partial charge in [0.1, 0.15) is 5.82 Å². The largest absolute Gasteiger partial charge is 0.465 e. The molecule has 2 aromatic carbocycles. The highest BCUT2D eigenvalue weighted by Crippen LogP contribution is 2.22. The maximum atomic E-state index is 12.5. The molecular weight excluding hydrogens is 404 g/mol. The number of imidazole rings is 1. The summed E-state index contributed by atoms with van der Waals surface area (Å²) in [6.45, 7) is 2.26. The van der Waals surface area contributed by atoms with Crippen LogP contribution in [0.4, 0.5) is 0 Å². The van der Waals surface area contributed by atoms with E-state index in [9.17, 15) is 9.59 Å². The van der Waals surface area contributed by atoms with E-state index in [4.69, 9.17) is 9.72 Å². The van der Waals surface area contributed by atoms with Gasteiger partial charge in [-0.3, -0.25) is 4.79 Å². The van der Waals surface area contributed by atoms with Crippen LogP contribution < -0.4 is 5.32 Å². The predicted octanol–water partition coefficient (Wildman–Crippen LogP) is 3.07. The Kier molecular flexibility index (Phi) is 6.85. The molecule has 0 bridgehead atoms. The second-order valence-electron chi connectivity index (χ2n) is 8.26. The SMILES string of the molecule is COC(=O)c1ccc(CNCCC2CCC(=O)N2CCc2nc3ccccc3n2C)cc1. The lowest BCUT2D eigenvalue weighted by Gasteiger charge is -2.25. The number of carbonyl (C=O) groups excluding carboxylic acids is 2. The summed E-state index contributed by atoms with van der Waals surface area (Å²) in [5.41, 5.74) is 3.78. The summed E-state index contributed by atoms with van der Waals surface area (Å²) in [5, 5.41) is 3.46. The molecule has 7 heteroatoms. The van der Waals surface area contributed by atoms with E-state index in [0.717, 1.165) is 54.8 Å². The Bertz CT molecular complexity index is 1090. The van der Waals surface area contributed by atoms with Gasteiger partial charge in [0.05, 0.1) is 23.7 Å². The molecule has 1 aliphatic rings. The van der Waals surface area contributed by atoms with Gasteiger partial charge in [-0.2, -0.15) is 0 Å². The number of carbonyl (C=O) groups is 2. The molecule has 1 aliphatic heterocycles. The number of para-hydroxylation sites is 2. The maximum absolute atomic E-state index is 12.5. The van der Waals surface area contributed by atoms with Crippen LogP contribution in [0.5, 0.6) is 0 Å². The minimum Gasteiger partial charge on any atom is -0.465 e. The number of ether oxygens (including phenoxy) is 1. The third kappa shape index (κ3) is 4.83. The minimum absolute atomic E-state index is 0.243. The summed E-state index contributed by atoms with van der Waals surface area (Å²) in [4.78, 5) is 30.8. The highest BCUT2D eigenvalue weighted by atomic mass is 16.5. The number of amides is 1. The van der Waals surface area contributed by atoms with E-state index < -0.39 is 0 Å². The summed E-state index contributed by atoms with van der Waals surface area (Å²) in [6, 6.07) is 15.8. The van der Waals surface area contributed by atoms with Gasteiger partial charge >= 0.3 is 5.97 Å². The second kappa shape index (κ2) is 9.96. The number of rotatable bonds is 9. The van der Waals surface area contributed by atoms with Gasteiger partial charge in [-0.25, -0.2) is 9.78 Å². The molecule has 0 spiro atoms. The Balaban J connectivity index is 1.26. The van der Waals surface area contributed by atoms with Crippen molar-refractivity contribution < 1.29 is 14.3 Å². The zero-order valence-corrected chi connectivity index (χ0v) is 18.7. The lowest BCUT2D eigenvalue weighted by atomic mass is 10.1. The van der Waals surface area contributed by atoms with Crippen LogP contribution in [0, 0.1) is 0 Å². The molecule has 1 aromatic heterocycles. The Labute approximate surface area is 188 Å². The fourth-order valence-corrected chi connectivity index (χ4v) is 4.42. The van der Waals surface area contributed by atoms with Crippen molar-refractivity contribution in [1.82, 2.24) is 19.8 Å². The summed E-state index contributed by atoms with van der Waals surface area (Å²) in [6.07, 6.45) is 3.22. The molecule has 0 aliphatic carbocycles. The normalized spacial score (nSPS) is 16.1. The van der Waals surface area contributed by atoms with Crippen molar-refractivity contribution in [3.63, 3.8) is 0 Å². The Morgan fingerprint density at radius 1 is 1.19 bits per heavy atom. The van der Waals surface area contributed by atoms with E-state index in [1.807, 2.05) is 42.3 Å². The molecule has 1 saturated heterocycles. The first-order valence-corrected chi connectivity index (χ1v) is 11.1. The molecular formula is C25H30N4O3. The van der Waals surface area contributed by atoms with Crippen LogP contribution >= 0.6 is 0 Å². The van der Waals surface area contributed by atoms with E-state index in [2.05, 4.69) is 16.0 Å². The molecule has 7 nitrogen and oxygen atoms in total. The third-order valence-corrected chi connectivity index (χ3v) is 6.27. The fourth-order valence-electron chi connectivity index (χ4n) is 4.42. The van der Waals surface area contributed by atoms with Crippen molar-refractivity contribution in [1.29, 1.82) is 0 Å². The van der Waals surface area contributed by atoms with Crippen molar-refractivity contribution in [2.24, 2.45) is 7.05 Å². The van der Waals surface area contributed by atoms with Crippen molar-refractivity contribution >= 4 is 22.9 Å². The van der Waals surface area contributed by atoms with Crippen LogP contribution in [0.1, 0.15) is 41.0 Å². The first-order chi connectivity index (χ1) is 15.6. The number of hydrogen-bond donors (Lipinski definition) is 1. The molecule has 168 valence electrons. The van der Waals surface area contributed by atoms with Gasteiger partial charge in [0.15, 0.2) is 0 Å². The van der Waals surface area contributed by atoms with Crippen LogP contribution in [0.15, 0.2) is 48.5 Å². The van der Waals surface area contributed by atoms with Gasteiger partial charge < -0.3 is 19.5 Å². The number of methoxy groups -OCH3 is 1. The lowest BCUT2D eigenvalue weighted by Crippen LogP contribution is -2.36. The predicted molar refractivity (Wildman–Crippen MR) is 123 cm³/mol. The summed E-state index contributed by atoms with van der Waals surface area (Å²) in [7, 11) is 3.42. The Hall–Kier alpha value is -3.19. The highest BCUT2D eigenvalue weighted by molar-refractivity contribution is 5.89. The lowest BCUT2D eigenvalue weighted by molar-refractivity contribution is -0.129. The molecule has 0 saturated carbocycles. The molecule has 0 radical (unpaired) electrons. The average Bonchev–Trinajstić information content (AvgIpc) is 3.34. The van der Waals surface area contributed by atoms with E-state index in [1.165, 1.54) is 7.11 Å². The number of nitrogens with zero attached hydrogens (tertiary/aromatic N) is 3. The molecule has 1 fully saturated rings. The quantitative estimate of drug-likeness (QED) is 0.414. The minimum atomic E-state index is -0.325. The number of nitrogens with one attached hydrogen (secondary N) is 1. The zero-order valence-electron chi connectivity index (χ0n) is 18.7. The van der Waals surface area contributed by atoms with Gasteiger partial charge in [0, 0.05) is 39.0 Å². The number of aryl methyl sites for hydroxylation is 1. The van der Waals surface area contributed by atoms with E-state index in [1.54, 1.807) is 12.1 Å². The molecule has 1 atom stereocenters. The van der Waals surface area contributed by atoms with E-state index in [-0.39, 0.29) is 17.9 Å². The standard InChI is InChI=1S/C25H30N4O3/c1-28-22-6-4-3-5-21(22)27-23(28)14-16-29-20(11-12-24(29)30)13-15-26-17-18-7-9-19(10-8-18)25(31)32-2/h3-10,20,26H,11-17H2,1-2H3. The van der Waals surface area contributed by atoms with Crippen LogP contribution in [0.25, 0.3) is 11.0 Å². The van der Waals surface area contributed by atoms with E-state index in [0.29, 0.717) is 18.5 Å². The first-order valence-electron chi connectivity index (χ1n) is 11.1. The zero-order chi connectivity index (χ0) is 22.5. The third-order valence-electron chi connectivity index (χ3n) is 6.27. The average molecular weight is 435 g/mol. The number of esters is 1. The molecule has 32 heavy (non-hydrogen) atoms. The van der Waals surface area contributed by atoms with Crippen molar-refractivity contribution in [2.75, 3.05) is 20.2 Å². The molecule has 3 aromatic rings. The smallest absolute Gasteiger partial charge is 0.337 e. The topological polar surface area (TPSA) is 76.5 Å². The van der Waals surface area contributed by atoms with Gasteiger partial charge in [0.25, 0.3) is 0 Å². The molecule has 4 rings (SSSR count). The van der Waals surface area contributed by atoms with Gasteiger partial charge in [-0.15, -0.1) is 0 Å². The summed E-state index contributed by atoms with van der Waals surface area (Å²) < 4.78 is 6.85. The van der Waals surface area contributed by atoms with Gasteiger partial charge in [-0.1, -0.05) is 24.3 Å². The number of fused-ring (bicyclic) bond motifs is 1. The Morgan fingerprint density at radius 3 is 2.72 bits per heavy atom. The number of aromatic nitrogens is 2. The van der Waals surface area contributed by atoms with Crippen LogP contribution in [-0.2, 0) is 29.5 Å². The van der Waals surface area contributed by atoms with Crippen LogP contribution in [0.3, 0.4) is 0 Å². The highest BCUT2D eigenvalue weighted by Gasteiger charge is 2.30. The maximum Gasteiger partial charge on any atom is 0.337 e. The molecule has 1 amide bonds. The molecule has 1 unspecified atom stereocenters. The van der Waals surface area contributed by atoms with Crippen molar-refractivity contribution in [3.8, 4) is 0 Å². The van der Waals surface area contributed by atoms with Crippen molar-refractivity contribution in [2.45, 2.75) is 38.3 Å². The summed E-state index contributed by atoms with van der Waals surface area (Å²) in [5.74, 6) is 0.930. The number of hydrogen-bond acceptors (Lipinski definition) is 5. The number of likely N-dealkylation sites (tertiary alicyclic amines) is 1. The van der Waals surface area contributed by atoms with Crippen LogP contribution in [0.2, 0.25) is 0 Å². The Morgan fingerprint density at radius 2 is 1.97 bits per heavy atom. The second-order valence-corrected chi connectivity index (χ2v) is 8.26. The van der Waals surface area contributed by atoms with Gasteiger partial charge in [0.2, 0.25) is 5.91 Å². The number of benzene rings is 2. The fraction of sp³-hybridized carbons (Fsp3) is 0.400. The monoisotopic (exact) mass is 434 g/mol. The first kappa shape index (κ1) is 22.0. The molecule has 1 N–H and O–H groups in total. The van der Waals surface area contributed by atoms with Crippen LogP contribution in [-0.4, -0.2) is 52.6 Å².